The second-order valence-corrected chi connectivity index (χ2v) is 6.73. The van der Waals surface area contributed by atoms with Crippen molar-refractivity contribution in [3.05, 3.63) is 29.8 Å². The fourth-order valence-electron chi connectivity index (χ4n) is 3.24. The quantitative estimate of drug-likeness (QED) is 0.737. The molecule has 0 aromatic heterocycles. The molecular weight excluding hydrogens is 342 g/mol. The molecule has 1 atom stereocenters. The summed E-state index contributed by atoms with van der Waals surface area (Å²) >= 11 is 0. The van der Waals surface area contributed by atoms with Gasteiger partial charge in [0.05, 0.1) is 12.6 Å². The molecule has 0 spiro atoms. The first kappa shape index (κ1) is 20.1. The van der Waals surface area contributed by atoms with Crippen LogP contribution in [0, 0.1) is 5.92 Å². The van der Waals surface area contributed by atoms with Crippen LogP contribution in [0.2, 0.25) is 0 Å². The minimum absolute atomic E-state index is 0.0411. The predicted molar refractivity (Wildman–Crippen MR) is 93.8 cm³/mol. The van der Waals surface area contributed by atoms with Crippen molar-refractivity contribution in [3.63, 3.8) is 0 Å². The molecule has 2 rings (SSSR count). The number of carbonyl (C=O) groups excluding carboxylic acids is 2. The van der Waals surface area contributed by atoms with Crippen LogP contribution in [0.4, 0.5) is 8.78 Å². The summed E-state index contributed by atoms with van der Waals surface area (Å²) in [5.74, 6) is 0.0319. The number of benzene rings is 1. The molecule has 2 N–H and O–H groups in total. The van der Waals surface area contributed by atoms with Crippen molar-refractivity contribution in [1.29, 1.82) is 0 Å². The first-order valence-corrected chi connectivity index (χ1v) is 9.05. The number of hydrogen-bond acceptors (Lipinski definition) is 3. The topological polar surface area (TPSA) is 67.4 Å². The van der Waals surface area contributed by atoms with Crippen molar-refractivity contribution < 1.29 is 23.1 Å². The van der Waals surface area contributed by atoms with Gasteiger partial charge in [0.25, 0.3) is 0 Å². The van der Waals surface area contributed by atoms with E-state index >= 15 is 0 Å². The average molecular weight is 368 g/mol. The lowest BCUT2D eigenvalue weighted by molar-refractivity contribution is -0.127. The maximum atomic E-state index is 12.3. The molecule has 0 saturated heterocycles. The van der Waals surface area contributed by atoms with Gasteiger partial charge in [0, 0.05) is 6.42 Å². The molecule has 5 nitrogen and oxygen atoms in total. The van der Waals surface area contributed by atoms with Gasteiger partial charge in [-0.1, -0.05) is 31.4 Å². The van der Waals surface area contributed by atoms with Gasteiger partial charge in [0.15, 0.2) is 0 Å². The first-order chi connectivity index (χ1) is 12.4. The fourth-order valence-corrected chi connectivity index (χ4v) is 3.24. The van der Waals surface area contributed by atoms with Crippen molar-refractivity contribution in [3.8, 4) is 5.75 Å². The second-order valence-electron chi connectivity index (χ2n) is 6.73. The highest BCUT2D eigenvalue weighted by molar-refractivity contribution is 5.84. The molecule has 0 bridgehead atoms. The van der Waals surface area contributed by atoms with Gasteiger partial charge in [-0.3, -0.25) is 9.59 Å². The highest BCUT2D eigenvalue weighted by atomic mass is 19.3. The van der Waals surface area contributed by atoms with E-state index in [1.165, 1.54) is 31.4 Å². The minimum atomic E-state index is -2.89. The summed E-state index contributed by atoms with van der Waals surface area (Å²) in [6.07, 6.45) is 6.20. The number of ether oxygens (including phenoxy) is 1. The number of rotatable bonds is 8. The summed E-state index contributed by atoms with van der Waals surface area (Å²) in [4.78, 5) is 23.9. The monoisotopic (exact) mass is 368 g/mol. The molecule has 1 aliphatic carbocycles. The lowest BCUT2D eigenvalue weighted by Gasteiger charge is -2.21. The van der Waals surface area contributed by atoms with Gasteiger partial charge < -0.3 is 15.4 Å². The van der Waals surface area contributed by atoms with Gasteiger partial charge in [0.1, 0.15) is 5.75 Å². The van der Waals surface area contributed by atoms with E-state index < -0.39 is 6.61 Å². The summed E-state index contributed by atoms with van der Waals surface area (Å²) < 4.78 is 28.9. The van der Waals surface area contributed by atoms with Crippen molar-refractivity contribution >= 4 is 11.8 Å². The van der Waals surface area contributed by atoms with Gasteiger partial charge in [0.2, 0.25) is 11.8 Å². The van der Waals surface area contributed by atoms with Crippen LogP contribution in [0.15, 0.2) is 24.3 Å². The van der Waals surface area contributed by atoms with Crippen LogP contribution in [-0.4, -0.2) is 25.0 Å². The molecule has 1 aromatic rings. The zero-order valence-corrected chi connectivity index (χ0v) is 15.0. The van der Waals surface area contributed by atoms with Crippen molar-refractivity contribution in [2.75, 3.05) is 6.54 Å². The number of hydrogen-bond donors (Lipinski definition) is 2. The second kappa shape index (κ2) is 10.1. The van der Waals surface area contributed by atoms with Gasteiger partial charge in [-0.25, -0.2) is 0 Å². The molecule has 1 aromatic carbocycles. The molecule has 1 saturated carbocycles. The van der Waals surface area contributed by atoms with Crippen LogP contribution < -0.4 is 15.4 Å². The Morgan fingerprint density at radius 3 is 2.62 bits per heavy atom. The fraction of sp³-hybridized carbons (Fsp3) is 0.579. The normalized spacial score (nSPS) is 16.2. The highest BCUT2D eigenvalue weighted by Crippen LogP contribution is 2.26. The zero-order valence-electron chi connectivity index (χ0n) is 15.0. The van der Waals surface area contributed by atoms with E-state index in [9.17, 15) is 18.4 Å². The Morgan fingerprint density at radius 2 is 1.92 bits per heavy atom. The molecule has 1 aliphatic rings. The van der Waals surface area contributed by atoms with E-state index in [2.05, 4.69) is 15.4 Å². The number of amides is 2. The summed E-state index contributed by atoms with van der Waals surface area (Å²) in [6, 6.07) is 5.79. The SMILES string of the molecule is CC(NC(=O)CNC(=O)CC1CCCCC1)c1cccc(OC(F)F)c1. The van der Waals surface area contributed by atoms with E-state index in [1.54, 1.807) is 19.1 Å². The van der Waals surface area contributed by atoms with E-state index in [0.717, 1.165) is 12.8 Å². The third-order valence-electron chi connectivity index (χ3n) is 4.61. The number of carbonyl (C=O) groups is 2. The Labute approximate surface area is 152 Å². The molecule has 144 valence electrons. The van der Waals surface area contributed by atoms with Crippen LogP contribution in [0.5, 0.6) is 5.75 Å². The van der Waals surface area contributed by atoms with Crippen LogP contribution in [0.25, 0.3) is 0 Å². The highest BCUT2D eigenvalue weighted by Gasteiger charge is 2.18. The minimum Gasteiger partial charge on any atom is -0.435 e. The van der Waals surface area contributed by atoms with E-state index in [-0.39, 0.29) is 30.2 Å². The Morgan fingerprint density at radius 1 is 1.19 bits per heavy atom. The standard InChI is InChI=1S/C19H26F2N2O3/c1-13(15-8-5-9-16(11-15)26-19(20)21)23-18(25)12-22-17(24)10-14-6-3-2-4-7-14/h5,8-9,11,13-14,19H,2-4,6-7,10,12H2,1H3,(H,22,24)(H,23,25). The Hall–Kier alpha value is -2.18. The maximum absolute atomic E-state index is 12.3. The summed E-state index contributed by atoms with van der Waals surface area (Å²) in [7, 11) is 0. The molecule has 0 radical (unpaired) electrons. The van der Waals surface area contributed by atoms with Crippen LogP contribution in [-0.2, 0) is 9.59 Å². The third kappa shape index (κ3) is 6.98. The number of alkyl halides is 2. The van der Waals surface area contributed by atoms with Crippen LogP contribution in [0.1, 0.15) is 57.1 Å². The largest absolute Gasteiger partial charge is 0.435 e. The Kier molecular flexibility index (Phi) is 7.81. The van der Waals surface area contributed by atoms with Gasteiger partial charge >= 0.3 is 6.61 Å². The van der Waals surface area contributed by atoms with Gasteiger partial charge in [-0.05, 0) is 43.4 Å². The van der Waals surface area contributed by atoms with E-state index in [1.807, 2.05) is 0 Å². The summed E-state index contributed by atoms with van der Waals surface area (Å²) in [5, 5.41) is 5.39. The smallest absolute Gasteiger partial charge is 0.387 e. The molecule has 0 aliphatic heterocycles. The van der Waals surface area contributed by atoms with Crippen LogP contribution in [0.3, 0.4) is 0 Å². The molecule has 0 heterocycles. The first-order valence-electron chi connectivity index (χ1n) is 9.05. The molecule has 26 heavy (non-hydrogen) atoms. The van der Waals surface area contributed by atoms with Gasteiger partial charge in [-0.15, -0.1) is 0 Å². The summed E-state index contributed by atoms with van der Waals surface area (Å²) in [5.41, 5.74) is 0.644. The lowest BCUT2D eigenvalue weighted by atomic mass is 9.87. The molecule has 7 heteroatoms. The molecular formula is C19H26F2N2O3. The Balaban J connectivity index is 1.75. The molecule has 2 amide bonds. The van der Waals surface area contributed by atoms with Crippen molar-refractivity contribution in [2.45, 2.75) is 58.1 Å². The molecule has 1 fully saturated rings. The number of halogens is 2. The molecule has 1 unspecified atom stereocenters. The predicted octanol–water partition coefficient (Wildman–Crippen LogP) is 3.55. The van der Waals surface area contributed by atoms with Gasteiger partial charge in [-0.2, -0.15) is 8.78 Å². The van der Waals surface area contributed by atoms with E-state index in [0.29, 0.717) is 17.9 Å². The van der Waals surface area contributed by atoms with Crippen molar-refractivity contribution in [1.82, 2.24) is 10.6 Å². The average Bonchev–Trinajstić information content (AvgIpc) is 2.60. The van der Waals surface area contributed by atoms with Crippen molar-refractivity contribution in [2.24, 2.45) is 5.92 Å². The summed E-state index contributed by atoms with van der Waals surface area (Å²) in [6.45, 7) is -1.25. The Bertz CT molecular complexity index is 604. The maximum Gasteiger partial charge on any atom is 0.387 e. The van der Waals surface area contributed by atoms with Crippen LogP contribution >= 0.6 is 0 Å². The van der Waals surface area contributed by atoms with E-state index in [4.69, 9.17) is 0 Å². The zero-order chi connectivity index (χ0) is 18.9. The number of nitrogens with one attached hydrogen (secondary N) is 2. The lowest BCUT2D eigenvalue weighted by Crippen LogP contribution is -2.38. The third-order valence-corrected chi connectivity index (χ3v) is 4.61.